The second-order valence-electron chi connectivity index (χ2n) is 6.49. The van der Waals surface area contributed by atoms with Crippen LogP contribution in [-0.4, -0.2) is 36.6 Å². The standard InChI is InChI=1S/C16H32N2/c1-3-5-15-6-4-12-18(13-10-15)14(2)9-11-17-16-7-8-16/h14-17H,3-13H2,1-2H3. The van der Waals surface area contributed by atoms with E-state index in [1.54, 1.807) is 0 Å². The van der Waals surface area contributed by atoms with Crippen LogP contribution in [0.15, 0.2) is 0 Å². The van der Waals surface area contributed by atoms with Gasteiger partial charge in [0, 0.05) is 12.1 Å². The van der Waals surface area contributed by atoms with Crippen molar-refractivity contribution in [1.29, 1.82) is 0 Å². The molecule has 0 amide bonds. The molecule has 18 heavy (non-hydrogen) atoms. The molecule has 1 N–H and O–H groups in total. The van der Waals surface area contributed by atoms with E-state index >= 15 is 0 Å². The molecule has 2 rings (SSSR count). The van der Waals surface area contributed by atoms with Crippen LogP contribution in [0, 0.1) is 5.92 Å². The Morgan fingerprint density at radius 3 is 2.72 bits per heavy atom. The Morgan fingerprint density at radius 1 is 1.17 bits per heavy atom. The summed E-state index contributed by atoms with van der Waals surface area (Å²) in [5.41, 5.74) is 0. The minimum Gasteiger partial charge on any atom is -0.314 e. The quantitative estimate of drug-likeness (QED) is 0.747. The van der Waals surface area contributed by atoms with Crippen molar-refractivity contribution in [2.24, 2.45) is 5.92 Å². The zero-order chi connectivity index (χ0) is 12.8. The van der Waals surface area contributed by atoms with Crippen LogP contribution < -0.4 is 5.32 Å². The van der Waals surface area contributed by atoms with Crippen molar-refractivity contribution < 1.29 is 0 Å². The molecular formula is C16H32N2. The van der Waals surface area contributed by atoms with Crippen LogP contribution in [0.1, 0.15) is 65.2 Å². The Bertz CT molecular complexity index is 225. The third-order valence-corrected chi connectivity index (χ3v) is 4.78. The molecule has 0 aromatic carbocycles. The molecule has 0 radical (unpaired) electrons. The molecule has 1 aliphatic heterocycles. The average Bonchev–Trinajstić information content (AvgIpc) is 3.16. The summed E-state index contributed by atoms with van der Waals surface area (Å²) in [6.07, 6.45) is 11.3. The van der Waals surface area contributed by atoms with Gasteiger partial charge in [-0.15, -0.1) is 0 Å². The Kier molecular flexibility index (Phi) is 5.97. The lowest BCUT2D eigenvalue weighted by atomic mass is 9.96. The fraction of sp³-hybridized carbons (Fsp3) is 1.00. The van der Waals surface area contributed by atoms with E-state index < -0.39 is 0 Å². The largest absolute Gasteiger partial charge is 0.314 e. The van der Waals surface area contributed by atoms with E-state index in [0.29, 0.717) is 0 Å². The Balaban J connectivity index is 1.63. The van der Waals surface area contributed by atoms with E-state index in [-0.39, 0.29) is 0 Å². The Labute approximate surface area is 114 Å². The van der Waals surface area contributed by atoms with Gasteiger partial charge in [-0.05, 0) is 71.0 Å². The fourth-order valence-electron chi connectivity index (χ4n) is 3.29. The molecule has 1 saturated carbocycles. The van der Waals surface area contributed by atoms with Gasteiger partial charge in [-0.3, -0.25) is 0 Å². The van der Waals surface area contributed by atoms with Crippen molar-refractivity contribution in [3.05, 3.63) is 0 Å². The van der Waals surface area contributed by atoms with Gasteiger partial charge >= 0.3 is 0 Å². The zero-order valence-electron chi connectivity index (χ0n) is 12.5. The van der Waals surface area contributed by atoms with Crippen molar-refractivity contribution >= 4 is 0 Å². The summed E-state index contributed by atoms with van der Waals surface area (Å²) in [7, 11) is 0. The summed E-state index contributed by atoms with van der Waals surface area (Å²) in [5, 5.41) is 3.64. The number of hydrogen-bond acceptors (Lipinski definition) is 2. The maximum atomic E-state index is 3.64. The van der Waals surface area contributed by atoms with E-state index in [1.165, 1.54) is 71.0 Å². The van der Waals surface area contributed by atoms with Crippen molar-refractivity contribution in [3.63, 3.8) is 0 Å². The maximum absolute atomic E-state index is 3.64. The van der Waals surface area contributed by atoms with Crippen LogP contribution in [0.3, 0.4) is 0 Å². The van der Waals surface area contributed by atoms with Gasteiger partial charge in [-0.25, -0.2) is 0 Å². The van der Waals surface area contributed by atoms with Gasteiger partial charge in [0.1, 0.15) is 0 Å². The highest BCUT2D eigenvalue weighted by atomic mass is 15.2. The molecule has 1 saturated heterocycles. The first kappa shape index (κ1) is 14.3. The fourth-order valence-corrected chi connectivity index (χ4v) is 3.29. The van der Waals surface area contributed by atoms with Crippen LogP contribution in [0.5, 0.6) is 0 Å². The van der Waals surface area contributed by atoms with Gasteiger partial charge in [0.15, 0.2) is 0 Å². The topological polar surface area (TPSA) is 15.3 Å². The number of likely N-dealkylation sites (tertiary alicyclic amines) is 1. The summed E-state index contributed by atoms with van der Waals surface area (Å²) in [5.74, 6) is 1.01. The average molecular weight is 252 g/mol. The highest BCUT2D eigenvalue weighted by Crippen LogP contribution is 2.23. The van der Waals surface area contributed by atoms with Gasteiger partial charge < -0.3 is 10.2 Å². The Morgan fingerprint density at radius 2 is 2.00 bits per heavy atom. The molecule has 1 heterocycles. The van der Waals surface area contributed by atoms with Gasteiger partial charge in [-0.1, -0.05) is 19.8 Å². The van der Waals surface area contributed by atoms with Crippen LogP contribution in [0.2, 0.25) is 0 Å². The number of rotatable bonds is 7. The highest BCUT2D eigenvalue weighted by molar-refractivity contribution is 4.82. The van der Waals surface area contributed by atoms with Crippen molar-refractivity contribution in [2.45, 2.75) is 77.3 Å². The number of nitrogens with zero attached hydrogens (tertiary/aromatic N) is 1. The highest BCUT2D eigenvalue weighted by Gasteiger charge is 2.22. The lowest BCUT2D eigenvalue weighted by molar-refractivity contribution is 0.203. The molecule has 2 aliphatic rings. The second-order valence-corrected chi connectivity index (χ2v) is 6.49. The van der Waals surface area contributed by atoms with Crippen LogP contribution in [0.25, 0.3) is 0 Å². The van der Waals surface area contributed by atoms with Gasteiger partial charge in [0.05, 0.1) is 0 Å². The molecule has 2 atom stereocenters. The zero-order valence-corrected chi connectivity index (χ0v) is 12.5. The minimum absolute atomic E-state index is 0.775. The molecule has 1 aliphatic carbocycles. The first-order chi connectivity index (χ1) is 8.79. The van der Waals surface area contributed by atoms with E-state index in [4.69, 9.17) is 0 Å². The molecule has 2 nitrogen and oxygen atoms in total. The SMILES string of the molecule is CCCC1CCCN(C(C)CCNC2CC2)CC1. The van der Waals surface area contributed by atoms with Crippen molar-refractivity contribution in [3.8, 4) is 0 Å². The summed E-state index contributed by atoms with van der Waals surface area (Å²) >= 11 is 0. The monoisotopic (exact) mass is 252 g/mol. The first-order valence-electron chi connectivity index (χ1n) is 8.27. The number of hydrogen-bond donors (Lipinski definition) is 1. The lowest BCUT2D eigenvalue weighted by Crippen LogP contribution is -2.36. The molecule has 0 spiro atoms. The molecule has 2 heteroatoms. The van der Waals surface area contributed by atoms with E-state index in [1.807, 2.05) is 0 Å². The third kappa shape index (κ3) is 4.89. The van der Waals surface area contributed by atoms with Crippen molar-refractivity contribution in [1.82, 2.24) is 10.2 Å². The van der Waals surface area contributed by atoms with E-state index in [0.717, 1.165) is 18.0 Å². The molecule has 0 aromatic rings. The molecule has 2 unspecified atom stereocenters. The molecular weight excluding hydrogens is 220 g/mol. The normalized spacial score (nSPS) is 28.0. The second kappa shape index (κ2) is 7.49. The Hall–Kier alpha value is -0.0800. The number of nitrogens with one attached hydrogen (secondary N) is 1. The van der Waals surface area contributed by atoms with Gasteiger partial charge in [0.2, 0.25) is 0 Å². The summed E-state index contributed by atoms with van der Waals surface area (Å²) in [6.45, 7) is 8.66. The molecule has 106 valence electrons. The van der Waals surface area contributed by atoms with Gasteiger partial charge in [-0.2, -0.15) is 0 Å². The molecule has 0 bridgehead atoms. The van der Waals surface area contributed by atoms with Crippen molar-refractivity contribution in [2.75, 3.05) is 19.6 Å². The molecule has 2 fully saturated rings. The smallest absolute Gasteiger partial charge is 0.00790 e. The summed E-state index contributed by atoms with van der Waals surface area (Å²) < 4.78 is 0. The van der Waals surface area contributed by atoms with Crippen LogP contribution in [0.4, 0.5) is 0 Å². The maximum Gasteiger partial charge on any atom is 0.00790 e. The predicted octanol–water partition coefficient (Wildman–Crippen LogP) is 3.42. The molecule has 0 aromatic heterocycles. The summed E-state index contributed by atoms with van der Waals surface area (Å²) in [4.78, 5) is 2.74. The third-order valence-electron chi connectivity index (χ3n) is 4.78. The van der Waals surface area contributed by atoms with E-state index in [9.17, 15) is 0 Å². The van der Waals surface area contributed by atoms with E-state index in [2.05, 4.69) is 24.1 Å². The van der Waals surface area contributed by atoms with Gasteiger partial charge in [0.25, 0.3) is 0 Å². The predicted molar refractivity (Wildman–Crippen MR) is 78.9 cm³/mol. The van der Waals surface area contributed by atoms with Crippen LogP contribution in [-0.2, 0) is 0 Å². The first-order valence-corrected chi connectivity index (χ1v) is 8.27. The lowest BCUT2D eigenvalue weighted by Gasteiger charge is -2.28. The summed E-state index contributed by atoms with van der Waals surface area (Å²) in [6, 6.07) is 1.65. The minimum atomic E-state index is 0.775. The van der Waals surface area contributed by atoms with Crippen LogP contribution >= 0.6 is 0 Å².